The molecule has 3 nitrogen and oxygen atoms in total. The van der Waals surface area contributed by atoms with Gasteiger partial charge in [-0.2, -0.15) is 0 Å². The summed E-state index contributed by atoms with van der Waals surface area (Å²) in [4.78, 5) is 0.310. The summed E-state index contributed by atoms with van der Waals surface area (Å²) >= 11 is 6.28. The van der Waals surface area contributed by atoms with E-state index in [-0.39, 0.29) is 5.38 Å². The molecule has 0 radical (unpaired) electrons. The lowest BCUT2D eigenvalue weighted by atomic mass is 10.0. The first-order valence-corrected chi connectivity index (χ1v) is 8.99. The van der Waals surface area contributed by atoms with Gasteiger partial charge in [-0.25, -0.2) is 13.1 Å². The largest absolute Gasteiger partial charge is 0.240 e. The van der Waals surface area contributed by atoms with Crippen LogP contribution < -0.4 is 4.72 Å². The smallest absolute Gasteiger partial charge is 0.211 e. The highest BCUT2D eigenvalue weighted by atomic mass is 35.5. The molecule has 5 heteroatoms. The van der Waals surface area contributed by atoms with Gasteiger partial charge in [0.1, 0.15) is 0 Å². The number of hydrogen-bond acceptors (Lipinski definition) is 2. The van der Waals surface area contributed by atoms with Crippen molar-refractivity contribution >= 4 is 21.6 Å². The molecule has 0 fully saturated rings. The van der Waals surface area contributed by atoms with Gasteiger partial charge in [-0.1, -0.05) is 32.9 Å². The summed E-state index contributed by atoms with van der Waals surface area (Å²) in [5.74, 6) is 0.565. The summed E-state index contributed by atoms with van der Waals surface area (Å²) < 4.78 is 26.4. The number of halogens is 1. The van der Waals surface area contributed by atoms with Crippen LogP contribution in [0.25, 0.3) is 0 Å². The topological polar surface area (TPSA) is 46.2 Å². The molecule has 0 aliphatic heterocycles. The molecule has 1 aromatic carbocycles. The standard InChI is InChI=1S/C15H24ClNO2S/c1-4-9-17-20(18,19)15-7-5-13(6-8-15)11-14(16)10-12(2)3/h5-8,12,14,17H,4,9-11H2,1-3H3. The van der Waals surface area contributed by atoms with Gasteiger partial charge in [0.2, 0.25) is 10.0 Å². The Hall–Kier alpha value is -0.580. The third-order valence-electron chi connectivity index (χ3n) is 2.96. The molecule has 1 N–H and O–H groups in total. The lowest BCUT2D eigenvalue weighted by Gasteiger charge is -2.12. The highest BCUT2D eigenvalue weighted by Crippen LogP contribution is 2.18. The monoisotopic (exact) mass is 317 g/mol. The van der Waals surface area contributed by atoms with Crippen LogP contribution in [0.3, 0.4) is 0 Å². The molecule has 0 bridgehead atoms. The van der Waals surface area contributed by atoms with Crippen LogP contribution in [0.15, 0.2) is 29.2 Å². The summed E-state index contributed by atoms with van der Waals surface area (Å²) in [5, 5.41) is 0.0932. The zero-order valence-corrected chi connectivity index (χ0v) is 14.0. The predicted octanol–water partition coefficient (Wildman–Crippen LogP) is 3.57. The molecule has 0 saturated heterocycles. The van der Waals surface area contributed by atoms with Crippen molar-refractivity contribution in [2.45, 2.75) is 50.3 Å². The third-order valence-corrected chi connectivity index (χ3v) is 4.77. The molecule has 1 aromatic rings. The average Bonchev–Trinajstić information content (AvgIpc) is 2.36. The van der Waals surface area contributed by atoms with Crippen LogP contribution in [0.2, 0.25) is 0 Å². The van der Waals surface area contributed by atoms with Crippen molar-refractivity contribution in [1.29, 1.82) is 0 Å². The van der Waals surface area contributed by atoms with Gasteiger partial charge in [-0.3, -0.25) is 0 Å². The first-order chi connectivity index (χ1) is 9.35. The summed E-state index contributed by atoms with van der Waals surface area (Å²) in [6.07, 6.45) is 2.50. The van der Waals surface area contributed by atoms with Crippen LogP contribution in [-0.4, -0.2) is 20.3 Å². The maximum absolute atomic E-state index is 11.9. The maximum atomic E-state index is 11.9. The normalized spacial score (nSPS) is 13.7. The van der Waals surface area contributed by atoms with Crippen molar-refractivity contribution in [3.8, 4) is 0 Å². The first-order valence-electron chi connectivity index (χ1n) is 7.07. The molecule has 0 aliphatic rings. The quantitative estimate of drug-likeness (QED) is 0.745. The van der Waals surface area contributed by atoms with Crippen LogP contribution in [-0.2, 0) is 16.4 Å². The Kier molecular flexibility index (Phi) is 7.00. The van der Waals surface area contributed by atoms with Crippen LogP contribution in [0, 0.1) is 5.92 Å². The summed E-state index contributed by atoms with van der Waals surface area (Å²) in [5.41, 5.74) is 1.07. The van der Waals surface area contributed by atoms with Gasteiger partial charge in [0.25, 0.3) is 0 Å². The minimum absolute atomic E-state index is 0.0932. The summed E-state index contributed by atoms with van der Waals surface area (Å²) in [6.45, 7) is 6.68. The molecule has 0 aromatic heterocycles. The van der Waals surface area contributed by atoms with Gasteiger partial charge in [-0.15, -0.1) is 11.6 Å². The predicted molar refractivity (Wildman–Crippen MR) is 84.7 cm³/mol. The Bertz CT molecular complexity index is 497. The highest BCUT2D eigenvalue weighted by molar-refractivity contribution is 7.89. The fourth-order valence-corrected chi connectivity index (χ4v) is 3.64. The highest BCUT2D eigenvalue weighted by Gasteiger charge is 2.13. The Labute approximate surface area is 127 Å². The number of alkyl halides is 1. The van der Waals surface area contributed by atoms with Crippen LogP contribution in [0.5, 0.6) is 0 Å². The molecular formula is C15H24ClNO2S. The second kappa shape index (κ2) is 8.01. The molecule has 0 saturated carbocycles. The Morgan fingerprint density at radius 2 is 1.80 bits per heavy atom. The van der Waals surface area contributed by atoms with Crippen LogP contribution in [0.1, 0.15) is 39.2 Å². The Morgan fingerprint density at radius 3 is 2.30 bits per heavy atom. The second-order valence-electron chi connectivity index (χ2n) is 5.47. The van der Waals surface area contributed by atoms with E-state index in [4.69, 9.17) is 11.6 Å². The fraction of sp³-hybridized carbons (Fsp3) is 0.600. The maximum Gasteiger partial charge on any atom is 0.240 e. The van der Waals surface area contributed by atoms with E-state index < -0.39 is 10.0 Å². The molecule has 1 rings (SSSR count). The second-order valence-corrected chi connectivity index (χ2v) is 7.86. The van der Waals surface area contributed by atoms with E-state index in [1.807, 2.05) is 19.1 Å². The lowest BCUT2D eigenvalue weighted by Crippen LogP contribution is -2.24. The van der Waals surface area contributed by atoms with E-state index in [0.717, 1.165) is 24.8 Å². The van der Waals surface area contributed by atoms with E-state index in [1.165, 1.54) is 0 Å². The van der Waals surface area contributed by atoms with Gasteiger partial charge in [-0.05, 0) is 42.9 Å². The Balaban J connectivity index is 2.69. The number of sulfonamides is 1. The van der Waals surface area contributed by atoms with Crippen molar-refractivity contribution in [3.63, 3.8) is 0 Å². The van der Waals surface area contributed by atoms with E-state index in [9.17, 15) is 8.42 Å². The minimum Gasteiger partial charge on any atom is -0.211 e. The van der Waals surface area contributed by atoms with Crippen molar-refractivity contribution in [3.05, 3.63) is 29.8 Å². The van der Waals surface area contributed by atoms with Crippen molar-refractivity contribution in [1.82, 2.24) is 4.72 Å². The summed E-state index contributed by atoms with van der Waals surface area (Å²) in [6, 6.07) is 6.98. The molecule has 1 atom stereocenters. The van der Waals surface area contributed by atoms with E-state index in [0.29, 0.717) is 17.4 Å². The first kappa shape index (κ1) is 17.5. The lowest BCUT2D eigenvalue weighted by molar-refractivity contribution is 0.561. The number of rotatable bonds is 8. The zero-order chi connectivity index (χ0) is 15.2. The Morgan fingerprint density at radius 1 is 1.20 bits per heavy atom. The van der Waals surface area contributed by atoms with E-state index >= 15 is 0 Å². The van der Waals surface area contributed by atoms with Gasteiger partial charge in [0.05, 0.1) is 4.90 Å². The van der Waals surface area contributed by atoms with Crippen molar-refractivity contribution in [2.75, 3.05) is 6.54 Å². The van der Waals surface area contributed by atoms with E-state index in [1.54, 1.807) is 12.1 Å². The van der Waals surface area contributed by atoms with Gasteiger partial charge < -0.3 is 0 Å². The molecule has 0 spiro atoms. The van der Waals surface area contributed by atoms with Crippen molar-refractivity contribution in [2.24, 2.45) is 5.92 Å². The van der Waals surface area contributed by atoms with Crippen molar-refractivity contribution < 1.29 is 8.42 Å². The molecule has 0 heterocycles. The molecule has 114 valence electrons. The SMILES string of the molecule is CCCNS(=O)(=O)c1ccc(CC(Cl)CC(C)C)cc1. The van der Waals surface area contributed by atoms with Gasteiger partial charge >= 0.3 is 0 Å². The van der Waals surface area contributed by atoms with Gasteiger partial charge in [0.15, 0.2) is 0 Å². The minimum atomic E-state index is -3.37. The number of nitrogens with one attached hydrogen (secondary N) is 1. The molecule has 20 heavy (non-hydrogen) atoms. The van der Waals surface area contributed by atoms with E-state index in [2.05, 4.69) is 18.6 Å². The third kappa shape index (κ3) is 5.81. The molecule has 0 amide bonds. The average molecular weight is 318 g/mol. The fourth-order valence-electron chi connectivity index (χ4n) is 1.98. The van der Waals surface area contributed by atoms with Crippen LogP contribution in [0.4, 0.5) is 0 Å². The number of benzene rings is 1. The van der Waals surface area contributed by atoms with Crippen LogP contribution >= 0.6 is 11.6 Å². The molecule has 0 aliphatic carbocycles. The summed E-state index contributed by atoms with van der Waals surface area (Å²) in [7, 11) is -3.37. The van der Waals surface area contributed by atoms with Gasteiger partial charge in [0, 0.05) is 11.9 Å². The molecular weight excluding hydrogens is 294 g/mol. The number of hydrogen-bond donors (Lipinski definition) is 1. The zero-order valence-electron chi connectivity index (χ0n) is 12.4. The molecule has 1 unspecified atom stereocenters.